The van der Waals surface area contributed by atoms with Crippen LogP contribution in [0.4, 0.5) is 0 Å². The van der Waals surface area contributed by atoms with Crippen LogP contribution >= 0.6 is 15.9 Å². The highest BCUT2D eigenvalue weighted by Gasteiger charge is 2.42. The molecule has 1 fully saturated rings. The van der Waals surface area contributed by atoms with Gasteiger partial charge in [-0.15, -0.1) is 0 Å². The van der Waals surface area contributed by atoms with Gasteiger partial charge in [-0.2, -0.15) is 0 Å². The fourth-order valence-corrected chi connectivity index (χ4v) is 2.79. The minimum absolute atomic E-state index is 0.0328. The molecule has 2 rings (SSSR count). The molecule has 0 aromatic heterocycles. The molecule has 17 heavy (non-hydrogen) atoms. The van der Waals surface area contributed by atoms with Crippen LogP contribution in [0.1, 0.15) is 31.7 Å². The molecule has 2 N–H and O–H groups in total. The standard InChI is InChI=1S/C14H18BrNO/c1-14(8-2-3-12(14)16)13(17)9-10-4-6-11(15)7-5-10/h4-7,12H,2-3,8-9,16H2,1H3. The topological polar surface area (TPSA) is 43.1 Å². The van der Waals surface area contributed by atoms with Crippen molar-refractivity contribution in [3.05, 3.63) is 34.3 Å². The van der Waals surface area contributed by atoms with Crippen LogP contribution in [0.15, 0.2) is 28.7 Å². The third-order valence-corrected chi connectivity index (χ3v) is 4.47. The molecule has 0 saturated heterocycles. The molecule has 0 aliphatic heterocycles. The first kappa shape index (κ1) is 12.8. The molecule has 2 nitrogen and oxygen atoms in total. The number of benzene rings is 1. The van der Waals surface area contributed by atoms with Gasteiger partial charge in [-0.1, -0.05) is 41.4 Å². The van der Waals surface area contributed by atoms with E-state index < -0.39 is 0 Å². The van der Waals surface area contributed by atoms with Crippen molar-refractivity contribution in [3.63, 3.8) is 0 Å². The van der Waals surface area contributed by atoms with Crippen molar-refractivity contribution in [1.29, 1.82) is 0 Å². The van der Waals surface area contributed by atoms with Gasteiger partial charge in [-0.25, -0.2) is 0 Å². The van der Waals surface area contributed by atoms with Crippen molar-refractivity contribution in [1.82, 2.24) is 0 Å². The van der Waals surface area contributed by atoms with Gasteiger partial charge in [-0.05, 0) is 30.5 Å². The maximum Gasteiger partial charge on any atom is 0.144 e. The molecule has 0 radical (unpaired) electrons. The molecule has 2 unspecified atom stereocenters. The summed E-state index contributed by atoms with van der Waals surface area (Å²) in [6.45, 7) is 2.02. The van der Waals surface area contributed by atoms with Crippen LogP contribution in [0.25, 0.3) is 0 Å². The van der Waals surface area contributed by atoms with E-state index in [0.717, 1.165) is 29.3 Å². The zero-order chi connectivity index (χ0) is 12.5. The number of nitrogens with two attached hydrogens (primary N) is 1. The van der Waals surface area contributed by atoms with Crippen LogP contribution in [0.3, 0.4) is 0 Å². The number of halogens is 1. The Labute approximate surface area is 111 Å². The Hall–Kier alpha value is -0.670. The average molecular weight is 296 g/mol. The van der Waals surface area contributed by atoms with E-state index in [1.807, 2.05) is 31.2 Å². The van der Waals surface area contributed by atoms with E-state index in [1.54, 1.807) is 0 Å². The summed E-state index contributed by atoms with van der Waals surface area (Å²) in [5.74, 6) is 0.282. The third-order valence-electron chi connectivity index (χ3n) is 3.94. The molecule has 2 atom stereocenters. The molecule has 1 aliphatic carbocycles. The van der Waals surface area contributed by atoms with E-state index in [9.17, 15) is 4.79 Å². The summed E-state index contributed by atoms with van der Waals surface area (Å²) in [4.78, 5) is 12.3. The predicted octanol–water partition coefficient (Wildman–Crippen LogP) is 3.08. The Bertz CT molecular complexity index is 415. The lowest BCUT2D eigenvalue weighted by Gasteiger charge is -2.27. The molecule has 0 bridgehead atoms. The first-order chi connectivity index (χ1) is 8.02. The van der Waals surface area contributed by atoms with Crippen LogP contribution in [0.5, 0.6) is 0 Å². The second kappa shape index (κ2) is 4.91. The van der Waals surface area contributed by atoms with Crippen molar-refractivity contribution < 1.29 is 4.79 Å². The number of hydrogen-bond donors (Lipinski definition) is 1. The lowest BCUT2D eigenvalue weighted by molar-refractivity contribution is -0.127. The molecule has 0 spiro atoms. The minimum Gasteiger partial charge on any atom is -0.327 e. The van der Waals surface area contributed by atoms with Gasteiger partial charge in [0.25, 0.3) is 0 Å². The first-order valence-corrected chi connectivity index (χ1v) is 6.85. The smallest absolute Gasteiger partial charge is 0.144 e. The number of Topliss-reactive ketones (excluding diaryl/α,β-unsaturated/α-hetero) is 1. The molecule has 0 heterocycles. The van der Waals surface area contributed by atoms with Gasteiger partial charge < -0.3 is 5.73 Å². The number of hydrogen-bond acceptors (Lipinski definition) is 2. The molecule has 0 amide bonds. The SMILES string of the molecule is CC1(C(=O)Cc2ccc(Br)cc2)CCCC1N. The van der Waals surface area contributed by atoms with E-state index in [2.05, 4.69) is 15.9 Å². The van der Waals surface area contributed by atoms with Crippen LogP contribution in [0.2, 0.25) is 0 Å². The molecule has 1 aromatic carbocycles. The van der Waals surface area contributed by atoms with Gasteiger partial charge in [-0.3, -0.25) is 4.79 Å². The van der Waals surface area contributed by atoms with Crippen molar-refractivity contribution in [3.8, 4) is 0 Å². The number of carbonyl (C=O) groups is 1. The highest BCUT2D eigenvalue weighted by atomic mass is 79.9. The van der Waals surface area contributed by atoms with Crippen LogP contribution in [0, 0.1) is 5.41 Å². The number of rotatable bonds is 3. The second-order valence-electron chi connectivity index (χ2n) is 5.14. The van der Waals surface area contributed by atoms with Gasteiger partial charge >= 0.3 is 0 Å². The Kier molecular flexibility index (Phi) is 3.69. The zero-order valence-electron chi connectivity index (χ0n) is 10.1. The summed E-state index contributed by atoms with van der Waals surface area (Å²) in [5.41, 5.74) is 6.82. The maximum atomic E-state index is 12.3. The van der Waals surface area contributed by atoms with Crippen molar-refractivity contribution >= 4 is 21.7 Å². The molecule has 92 valence electrons. The van der Waals surface area contributed by atoms with Gasteiger partial charge in [0.15, 0.2) is 0 Å². The second-order valence-corrected chi connectivity index (χ2v) is 6.06. The summed E-state index contributed by atoms with van der Waals surface area (Å²) in [5, 5.41) is 0. The summed E-state index contributed by atoms with van der Waals surface area (Å²) in [6.07, 6.45) is 3.48. The fraction of sp³-hybridized carbons (Fsp3) is 0.500. The quantitative estimate of drug-likeness (QED) is 0.931. The van der Waals surface area contributed by atoms with E-state index in [0.29, 0.717) is 6.42 Å². The zero-order valence-corrected chi connectivity index (χ0v) is 11.7. The third kappa shape index (κ3) is 2.61. The van der Waals surface area contributed by atoms with Gasteiger partial charge in [0.2, 0.25) is 0 Å². The Balaban J connectivity index is 2.09. The minimum atomic E-state index is -0.312. The van der Waals surface area contributed by atoms with Crippen LogP contribution in [-0.2, 0) is 11.2 Å². The summed E-state index contributed by atoms with van der Waals surface area (Å²) in [6, 6.07) is 7.96. The van der Waals surface area contributed by atoms with Crippen molar-refractivity contribution in [2.75, 3.05) is 0 Å². The van der Waals surface area contributed by atoms with Gasteiger partial charge in [0, 0.05) is 22.4 Å². The molecule has 1 aromatic rings. The van der Waals surface area contributed by atoms with E-state index in [1.165, 1.54) is 0 Å². The number of ketones is 1. The summed E-state index contributed by atoms with van der Waals surface area (Å²) >= 11 is 3.39. The Morgan fingerprint density at radius 1 is 1.47 bits per heavy atom. The Morgan fingerprint density at radius 3 is 2.65 bits per heavy atom. The van der Waals surface area contributed by atoms with Crippen molar-refractivity contribution in [2.45, 2.75) is 38.6 Å². The summed E-state index contributed by atoms with van der Waals surface area (Å²) in [7, 11) is 0. The van der Waals surface area contributed by atoms with E-state index >= 15 is 0 Å². The largest absolute Gasteiger partial charge is 0.327 e. The molecule has 3 heteroatoms. The average Bonchev–Trinajstić information content (AvgIpc) is 2.64. The number of carbonyl (C=O) groups excluding carboxylic acids is 1. The lowest BCUT2D eigenvalue weighted by atomic mass is 9.78. The molecule has 1 saturated carbocycles. The van der Waals surface area contributed by atoms with E-state index in [-0.39, 0.29) is 17.2 Å². The van der Waals surface area contributed by atoms with E-state index in [4.69, 9.17) is 5.73 Å². The highest BCUT2D eigenvalue weighted by Crippen LogP contribution is 2.38. The fourth-order valence-electron chi connectivity index (χ4n) is 2.53. The predicted molar refractivity (Wildman–Crippen MR) is 72.8 cm³/mol. The molecular weight excluding hydrogens is 278 g/mol. The van der Waals surface area contributed by atoms with Crippen LogP contribution < -0.4 is 5.73 Å². The highest BCUT2D eigenvalue weighted by molar-refractivity contribution is 9.10. The Morgan fingerprint density at radius 2 is 2.12 bits per heavy atom. The lowest BCUT2D eigenvalue weighted by Crippen LogP contribution is -2.41. The maximum absolute atomic E-state index is 12.3. The monoisotopic (exact) mass is 295 g/mol. The normalized spacial score (nSPS) is 28.3. The van der Waals surface area contributed by atoms with Crippen molar-refractivity contribution in [2.24, 2.45) is 11.1 Å². The summed E-state index contributed by atoms with van der Waals surface area (Å²) < 4.78 is 1.04. The van der Waals surface area contributed by atoms with Crippen LogP contribution in [-0.4, -0.2) is 11.8 Å². The van der Waals surface area contributed by atoms with Gasteiger partial charge in [0.05, 0.1) is 0 Å². The first-order valence-electron chi connectivity index (χ1n) is 6.06. The molecular formula is C14H18BrNO. The molecule has 1 aliphatic rings. The van der Waals surface area contributed by atoms with Gasteiger partial charge in [0.1, 0.15) is 5.78 Å².